The molecule has 0 saturated heterocycles. The van der Waals surface area contributed by atoms with E-state index in [2.05, 4.69) is 24.1 Å². The maximum atomic E-state index is 13.1. The Morgan fingerprint density at radius 3 is 2.56 bits per heavy atom. The summed E-state index contributed by atoms with van der Waals surface area (Å²) in [6.07, 6.45) is 2.26. The fourth-order valence-electron chi connectivity index (χ4n) is 3.91. The first kappa shape index (κ1) is 22.3. The van der Waals surface area contributed by atoms with E-state index in [1.807, 2.05) is 47.8 Å². The summed E-state index contributed by atoms with van der Waals surface area (Å²) in [4.78, 5) is 17.7. The van der Waals surface area contributed by atoms with Gasteiger partial charge in [0.2, 0.25) is 0 Å². The van der Waals surface area contributed by atoms with E-state index in [4.69, 9.17) is 28.3 Å². The van der Waals surface area contributed by atoms with Crippen molar-refractivity contribution in [2.24, 2.45) is 0 Å². The number of hydrogen-bond acceptors (Lipinski definition) is 3. The second-order valence-electron chi connectivity index (χ2n) is 8.02. The number of fused-ring (bicyclic) bond motifs is 1. The van der Waals surface area contributed by atoms with Crippen molar-refractivity contribution in [3.05, 3.63) is 87.3 Å². The molecule has 0 atom stereocenters. The Morgan fingerprint density at radius 2 is 1.88 bits per heavy atom. The van der Waals surface area contributed by atoms with E-state index >= 15 is 0 Å². The van der Waals surface area contributed by atoms with Crippen LogP contribution in [0.2, 0.25) is 10.0 Å². The van der Waals surface area contributed by atoms with E-state index in [1.165, 1.54) is 0 Å². The van der Waals surface area contributed by atoms with Crippen molar-refractivity contribution >= 4 is 34.8 Å². The lowest BCUT2D eigenvalue weighted by Crippen LogP contribution is -2.28. The summed E-state index contributed by atoms with van der Waals surface area (Å²) in [7, 11) is 0. The highest BCUT2D eigenvalue weighted by Crippen LogP contribution is 2.30. The molecule has 0 saturated carbocycles. The first-order valence-corrected chi connectivity index (χ1v) is 11.3. The number of benzene rings is 2. The Labute approximate surface area is 197 Å². The van der Waals surface area contributed by atoms with Crippen molar-refractivity contribution < 1.29 is 4.79 Å². The van der Waals surface area contributed by atoms with Crippen molar-refractivity contribution in [2.75, 3.05) is 6.54 Å². The molecule has 2 heterocycles. The van der Waals surface area contributed by atoms with Crippen molar-refractivity contribution in [1.82, 2.24) is 19.9 Å². The molecule has 1 N–H and O–H groups in total. The zero-order valence-corrected chi connectivity index (χ0v) is 19.7. The Balaban J connectivity index is 1.64. The molecular weight excluding hydrogens is 443 g/mol. The first-order valence-electron chi connectivity index (χ1n) is 10.5. The number of nitrogens with one attached hydrogen (secondary N) is 1. The third-order valence-corrected chi connectivity index (χ3v) is 5.99. The molecule has 0 bridgehead atoms. The molecule has 164 valence electrons. The molecule has 0 aliphatic heterocycles. The number of halogens is 2. The van der Waals surface area contributed by atoms with Crippen LogP contribution in [0.5, 0.6) is 0 Å². The largest absolute Gasteiger partial charge is 0.352 e. The van der Waals surface area contributed by atoms with Crippen LogP contribution in [0, 0.1) is 6.92 Å². The van der Waals surface area contributed by atoms with E-state index in [-0.39, 0.29) is 11.8 Å². The predicted molar refractivity (Wildman–Crippen MR) is 130 cm³/mol. The number of carbonyl (C=O) groups is 1. The molecule has 4 aromatic rings. The Hall–Kier alpha value is -2.89. The number of amides is 1. The lowest BCUT2D eigenvalue weighted by Gasteiger charge is -2.14. The number of carbonyl (C=O) groups excluding carboxylic acids is 1. The molecule has 2 aromatic carbocycles. The minimum absolute atomic E-state index is 0.0786. The summed E-state index contributed by atoms with van der Waals surface area (Å²) in [5.74, 6) is -0.0996. The summed E-state index contributed by atoms with van der Waals surface area (Å²) in [6, 6.07) is 15.4. The van der Waals surface area contributed by atoms with Gasteiger partial charge < -0.3 is 5.32 Å². The quantitative estimate of drug-likeness (QED) is 0.372. The maximum Gasteiger partial charge on any atom is 0.254 e. The molecule has 0 radical (unpaired) electrons. The van der Waals surface area contributed by atoms with Gasteiger partial charge in [-0.15, -0.1) is 0 Å². The van der Waals surface area contributed by atoms with Gasteiger partial charge in [-0.2, -0.15) is 5.10 Å². The van der Waals surface area contributed by atoms with Gasteiger partial charge in [-0.1, -0.05) is 73.4 Å². The van der Waals surface area contributed by atoms with Crippen LogP contribution >= 0.6 is 23.2 Å². The minimum atomic E-state index is -0.178. The number of rotatable bonds is 6. The molecule has 0 spiro atoms. The van der Waals surface area contributed by atoms with Gasteiger partial charge in [0.1, 0.15) is 0 Å². The van der Waals surface area contributed by atoms with Crippen molar-refractivity contribution in [3.63, 3.8) is 0 Å². The van der Waals surface area contributed by atoms with E-state index in [1.54, 1.807) is 18.3 Å². The third-order valence-electron chi connectivity index (χ3n) is 5.41. The van der Waals surface area contributed by atoms with Crippen LogP contribution in [-0.4, -0.2) is 27.0 Å². The maximum absolute atomic E-state index is 13.1. The van der Waals surface area contributed by atoms with Gasteiger partial charge in [0.05, 0.1) is 17.0 Å². The molecule has 4 rings (SSSR count). The van der Waals surface area contributed by atoms with Crippen LogP contribution in [0.15, 0.2) is 54.7 Å². The Bertz CT molecular complexity index is 1280. The number of aromatic nitrogens is 3. The SMILES string of the molecule is Cc1nn2c(C(C)C)c(C(=O)NCCc3ccc(Cl)cc3Cl)cnc2c1-c1ccccc1. The van der Waals surface area contributed by atoms with Gasteiger partial charge in [-0.25, -0.2) is 9.50 Å². The van der Waals surface area contributed by atoms with E-state index < -0.39 is 0 Å². The lowest BCUT2D eigenvalue weighted by atomic mass is 10.0. The van der Waals surface area contributed by atoms with Crippen molar-refractivity contribution in [1.29, 1.82) is 0 Å². The number of hydrogen-bond donors (Lipinski definition) is 1. The molecule has 5 nitrogen and oxygen atoms in total. The average Bonchev–Trinajstić information content (AvgIpc) is 3.10. The van der Waals surface area contributed by atoms with Gasteiger partial charge in [-0.05, 0) is 42.5 Å². The molecule has 7 heteroatoms. The van der Waals surface area contributed by atoms with Gasteiger partial charge >= 0.3 is 0 Å². The summed E-state index contributed by atoms with van der Waals surface area (Å²) < 4.78 is 1.81. The van der Waals surface area contributed by atoms with Crippen LogP contribution in [0.3, 0.4) is 0 Å². The molecule has 0 unspecified atom stereocenters. The zero-order valence-electron chi connectivity index (χ0n) is 18.2. The third kappa shape index (κ3) is 4.36. The first-order chi connectivity index (χ1) is 15.4. The van der Waals surface area contributed by atoms with E-state index in [0.717, 1.165) is 33.7 Å². The van der Waals surface area contributed by atoms with E-state index in [0.29, 0.717) is 28.6 Å². The van der Waals surface area contributed by atoms with Crippen LogP contribution in [0.1, 0.15) is 47.1 Å². The monoisotopic (exact) mass is 466 g/mol. The van der Waals surface area contributed by atoms with Gasteiger partial charge in [0.25, 0.3) is 5.91 Å². The molecule has 0 fully saturated rings. The summed E-state index contributed by atoms with van der Waals surface area (Å²) >= 11 is 12.2. The normalized spacial score (nSPS) is 11.3. The molecule has 32 heavy (non-hydrogen) atoms. The van der Waals surface area contributed by atoms with Crippen LogP contribution in [-0.2, 0) is 6.42 Å². The number of aryl methyl sites for hydroxylation is 1. The fraction of sp³-hybridized carbons (Fsp3) is 0.240. The Morgan fingerprint density at radius 1 is 1.12 bits per heavy atom. The minimum Gasteiger partial charge on any atom is -0.352 e. The van der Waals surface area contributed by atoms with Gasteiger partial charge in [0, 0.05) is 28.4 Å². The molecular formula is C25H24Cl2N4O. The smallest absolute Gasteiger partial charge is 0.254 e. The van der Waals surface area contributed by atoms with Gasteiger partial charge in [-0.3, -0.25) is 4.79 Å². The van der Waals surface area contributed by atoms with Crippen molar-refractivity contribution in [2.45, 2.75) is 33.1 Å². The van der Waals surface area contributed by atoms with Crippen molar-refractivity contribution in [3.8, 4) is 11.1 Å². The molecule has 1 amide bonds. The summed E-state index contributed by atoms with van der Waals surface area (Å²) in [6.45, 7) is 6.52. The van der Waals surface area contributed by atoms with E-state index in [9.17, 15) is 4.79 Å². The second kappa shape index (κ2) is 9.31. The molecule has 0 aliphatic carbocycles. The second-order valence-corrected chi connectivity index (χ2v) is 8.86. The number of nitrogens with zero attached hydrogens (tertiary/aromatic N) is 3. The predicted octanol–water partition coefficient (Wildman–Crippen LogP) is 6.11. The molecule has 0 aliphatic rings. The standard InChI is InChI=1S/C25H24Cl2N4O/c1-15(2)23-20(25(32)28-12-11-17-9-10-19(26)13-21(17)27)14-29-24-22(16(3)30-31(23)24)18-7-5-4-6-8-18/h4-10,13-15H,11-12H2,1-3H3,(H,28,32). The molecule has 2 aromatic heterocycles. The van der Waals surface area contributed by atoms with Crippen LogP contribution in [0.4, 0.5) is 0 Å². The highest BCUT2D eigenvalue weighted by Gasteiger charge is 2.22. The van der Waals surface area contributed by atoms with Crippen LogP contribution < -0.4 is 5.32 Å². The highest BCUT2D eigenvalue weighted by molar-refractivity contribution is 6.35. The zero-order chi connectivity index (χ0) is 22.8. The highest BCUT2D eigenvalue weighted by atomic mass is 35.5. The lowest BCUT2D eigenvalue weighted by molar-refractivity contribution is 0.0951. The Kier molecular flexibility index (Phi) is 6.49. The fourth-order valence-corrected chi connectivity index (χ4v) is 4.41. The summed E-state index contributed by atoms with van der Waals surface area (Å²) in [5.41, 5.74) is 5.96. The van der Waals surface area contributed by atoms with Crippen LogP contribution in [0.25, 0.3) is 16.8 Å². The van der Waals surface area contributed by atoms with Gasteiger partial charge in [0.15, 0.2) is 5.65 Å². The average molecular weight is 467 g/mol. The topological polar surface area (TPSA) is 59.3 Å². The summed E-state index contributed by atoms with van der Waals surface area (Å²) in [5, 5.41) is 8.92.